The number of hydrogen-bond acceptors (Lipinski definition) is 3. The topological polar surface area (TPSA) is 58.9 Å². The quantitative estimate of drug-likeness (QED) is 0.477. The summed E-state index contributed by atoms with van der Waals surface area (Å²) in [6.07, 6.45) is -4.04. The molecule has 112 valence electrons. The Morgan fingerprint density at radius 1 is 1.43 bits per heavy atom. The van der Waals surface area contributed by atoms with Crippen LogP contribution >= 0.6 is 0 Å². The highest BCUT2D eigenvalue weighted by Gasteiger charge is 2.61. The molecule has 0 N–H and O–H groups in total. The highest BCUT2D eigenvalue weighted by Crippen LogP contribution is 2.42. The molecule has 10 heteroatoms. The molecule has 1 atom stereocenters. The van der Waals surface area contributed by atoms with Crippen LogP contribution in [0.1, 0.15) is 12.2 Å². The van der Waals surface area contributed by atoms with Gasteiger partial charge in [0.15, 0.2) is 6.07 Å². The number of nitrogens with zero attached hydrogens (tertiary/aromatic N) is 5. The van der Waals surface area contributed by atoms with Crippen molar-refractivity contribution in [3.05, 3.63) is 36.2 Å². The van der Waals surface area contributed by atoms with Crippen LogP contribution < -0.4 is 0 Å². The summed E-state index contributed by atoms with van der Waals surface area (Å²) in [6.45, 7) is 9.81. The highest BCUT2D eigenvalue weighted by molar-refractivity contribution is 5.17. The van der Waals surface area contributed by atoms with Gasteiger partial charge in [0.05, 0.1) is 6.42 Å². The van der Waals surface area contributed by atoms with Gasteiger partial charge in [0, 0.05) is 0 Å². The predicted molar refractivity (Wildman–Crippen MR) is 59.7 cm³/mol. The van der Waals surface area contributed by atoms with Crippen LogP contribution in [0.15, 0.2) is 19.0 Å². The first kappa shape index (κ1) is 16.6. The summed E-state index contributed by atoms with van der Waals surface area (Å²) >= 11 is 0. The van der Waals surface area contributed by atoms with Crippen LogP contribution in [-0.2, 0) is 12.5 Å². The Kier molecular flexibility index (Phi) is 4.32. The minimum absolute atomic E-state index is 0.0993. The second kappa shape index (κ2) is 5.48. The third-order valence-corrected chi connectivity index (χ3v) is 2.50. The number of aromatic nitrogens is 3. The van der Waals surface area contributed by atoms with E-state index >= 15 is 0 Å². The third-order valence-electron chi connectivity index (χ3n) is 2.50. The maximum Gasteiger partial charge on any atom is 0.461 e. The van der Waals surface area contributed by atoms with Crippen LogP contribution in [0.5, 0.6) is 0 Å². The molecule has 0 saturated carbocycles. The molecule has 0 saturated heterocycles. The molecular weight excluding hydrogens is 297 g/mol. The second-order valence-electron chi connectivity index (χ2n) is 4.09. The van der Waals surface area contributed by atoms with Crippen molar-refractivity contribution in [2.75, 3.05) is 0 Å². The van der Waals surface area contributed by atoms with Gasteiger partial charge in [-0.1, -0.05) is 6.08 Å². The van der Waals surface area contributed by atoms with Crippen LogP contribution in [0.4, 0.5) is 22.0 Å². The van der Waals surface area contributed by atoms with Gasteiger partial charge in [-0.2, -0.15) is 27.2 Å². The van der Waals surface area contributed by atoms with E-state index in [0.29, 0.717) is 11.0 Å². The van der Waals surface area contributed by atoms with Crippen molar-refractivity contribution in [1.29, 1.82) is 5.26 Å². The smallest absolute Gasteiger partial charge is 0.292 e. The van der Waals surface area contributed by atoms with Gasteiger partial charge in [0.2, 0.25) is 5.82 Å². The summed E-state index contributed by atoms with van der Waals surface area (Å²) in [5, 5.41) is 12.0. The second-order valence-corrected chi connectivity index (χ2v) is 4.09. The number of halogens is 5. The first-order valence-corrected chi connectivity index (χ1v) is 5.37. The molecule has 5 nitrogen and oxygen atoms in total. The molecule has 1 aromatic heterocycles. The summed E-state index contributed by atoms with van der Waals surface area (Å²) in [5.41, 5.74) is -1.68. The minimum Gasteiger partial charge on any atom is -0.292 e. The summed E-state index contributed by atoms with van der Waals surface area (Å²) < 4.78 is 63.1. The van der Waals surface area contributed by atoms with Gasteiger partial charge in [-0.25, -0.2) is 16.2 Å². The van der Waals surface area contributed by atoms with E-state index in [0.717, 1.165) is 0 Å². The van der Waals surface area contributed by atoms with E-state index in [4.69, 9.17) is 11.8 Å². The van der Waals surface area contributed by atoms with E-state index in [2.05, 4.69) is 21.5 Å². The van der Waals surface area contributed by atoms with E-state index in [1.165, 1.54) is 6.08 Å². The molecule has 1 aromatic rings. The fourth-order valence-corrected chi connectivity index (χ4v) is 1.40. The van der Waals surface area contributed by atoms with Crippen LogP contribution in [0.3, 0.4) is 0 Å². The van der Waals surface area contributed by atoms with Crippen LogP contribution in [0.25, 0.3) is 4.85 Å². The monoisotopic (exact) mass is 305 g/mol. The van der Waals surface area contributed by atoms with Gasteiger partial charge >= 0.3 is 17.6 Å². The van der Waals surface area contributed by atoms with Crippen LogP contribution in [0, 0.1) is 17.9 Å². The zero-order valence-electron chi connectivity index (χ0n) is 10.4. The SMILES string of the molecule is [C-]#[N+]C(C#N)(CC=C)Cn1cnc(C(F)(F)C(F)(F)F)n1. The van der Waals surface area contributed by atoms with E-state index in [9.17, 15) is 22.0 Å². The molecular formula is C11H8F5N5. The van der Waals surface area contributed by atoms with Crippen molar-refractivity contribution in [2.45, 2.75) is 30.6 Å². The fraction of sp³-hybridized carbons (Fsp3) is 0.455. The van der Waals surface area contributed by atoms with Crippen molar-refractivity contribution in [1.82, 2.24) is 14.8 Å². The average Bonchev–Trinajstić information content (AvgIpc) is 2.85. The van der Waals surface area contributed by atoms with Crippen molar-refractivity contribution < 1.29 is 22.0 Å². The Balaban J connectivity index is 3.09. The zero-order chi connectivity index (χ0) is 16.3. The molecule has 0 spiro atoms. The summed E-state index contributed by atoms with van der Waals surface area (Å²) in [5.74, 6) is -6.94. The fourth-order valence-electron chi connectivity index (χ4n) is 1.40. The molecule has 0 fully saturated rings. The van der Waals surface area contributed by atoms with E-state index in [1.807, 2.05) is 0 Å². The first-order chi connectivity index (χ1) is 9.62. The van der Waals surface area contributed by atoms with Crippen molar-refractivity contribution >= 4 is 0 Å². The lowest BCUT2D eigenvalue weighted by atomic mass is 9.98. The first-order valence-electron chi connectivity index (χ1n) is 5.37. The van der Waals surface area contributed by atoms with E-state index in [1.54, 1.807) is 6.07 Å². The van der Waals surface area contributed by atoms with Crippen LogP contribution in [0.2, 0.25) is 0 Å². The van der Waals surface area contributed by atoms with Gasteiger partial charge in [0.25, 0.3) is 0 Å². The Morgan fingerprint density at radius 3 is 2.48 bits per heavy atom. The largest absolute Gasteiger partial charge is 0.461 e. The summed E-state index contributed by atoms with van der Waals surface area (Å²) in [4.78, 5) is 5.97. The number of nitriles is 1. The van der Waals surface area contributed by atoms with Crippen molar-refractivity contribution in [3.8, 4) is 6.07 Å². The van der Waals surface area contributed by atoms with Gasteiger partial charge in [-0.15, -0.1) is 11.7 Å². The molecule has 0 amide bonds. The average molecular weight is 305 g/mol. The summed E-state index contributed by atoms with van der Waals surface area (Å²) in [7, 11) is 0. The Hall–Kier alpha value is -2.49. The number of rotatable bonds is 5. The lowest BCUT2D eigenvalue weighted by Crippen LogP contribution is -2.35. The van der Waals surface area contributed by atoms with Crippen LogP contribution in [-0.4, -0.2) is 26.5 Å². The minimum atomic E-state index is -5.83. The molecule has 0 aromatic carbocycles. The molecule has 0 bridgehead atoms. The lowest BCUT2D eigenvalue weighted by Gasteiger charge is -2.16. The molecule has 1 rings (SSSR count). The number of hydrogen-bond donors (Lipinski definition) is 0. The molecule has 0 radical (unpaired) electrons. The molecule has 1 unspecified atom stereocenters. The third kappa shape index (κ3) is 3.16. The van der Waals surface area contributed by atoms with Gasteiger partial charge in [0.1, 0.15) is 12.9 Å². The van der Waals surface area contributed by atoms with Crippen molar-refractivity contribution in [3.63, 3.8) is 0 Å². The maximum absolute atomic E-state index is 13.0. The zero-order valence-corrected chi connectivity index (χ0v) is 10.4. The molecule has 0 aliphatic rings. The van der Waals surface area contributed by atoms with Gasteiger partial charge in [-0.05, 0) is 0 Å². The Bertz CT molecular complexity index is 590. The molecule has 21 heavy (non-hydrogen) atoms. The molecule has 1 heterocycles. The highest BCUT2D eigenvalue weighted by atomic mass is 19.4. The Labute approximate surface area is 116 Å². The molecule has 0 aliphatic carbocycles. The Morgan fingerprint density at radius 2 is 2.05 bits per heavy atom. The van der Waals surface area contributed by atoms with E-state index in [-0.39, 0.29) is 6.42 Å². The summed E-state index contributed by atoms with van der Waals surface area (Å²) in [6, 6.07) is 1.67. The number of alkyl halides is 5. The van der Waals surface area contributed by atoms with Gasteiger partial charge < -0.3 is 0 Å². The van der Waals surface area contributed by atoms with E-state index < -0.39 is 30.0 Å². The molecule has 0 aliphatic heterocycles. The lowest BCUT2D eigenvalue weighted by molar-refractivity contribution is -0.292. The van der Waals surface area contributed by atoms with Gasteiger partial charge in [-0.3, -0.25) is 4.85 Å². The van der Waals surface area contributed by atoms with Crippen molar-refractivity contribution in [2.24, 2.45) is 0 Å². The standard InChI is InChI=1S/C11H8F5N5/c1-3-4-9(5-17,18-2)6-21-7-19-8(20-21)10(12,13)11(14,15)16/h3,7H,1,4,6H2. The maximum atomic E-state index is 13.0. The predicted octanol–water partition coefficient (Wildman–Crippen LogP) is 2.69. The normalized spacial score (nSPS) is 14.8.